The topological polar surface area (TPSA) is 21.3 Å². The molecular formula is C18H29NOS. The van der Waals surface area contributed by atoms with Crippen LogP contribution < -0.4 is 10.1 Å². The van der Waals surface area contributed by atoms with Crippen LogP contribution in [0.3, 0.4) is 0 Å². The maximum absolute atomic E-state index is 5.82. The Hall–Kier alpha value is -0.670. The predicted octanol–water partition coefficient (Wildman–Crippen LogP) is 4.80. The molecule has 21 heavy (non-hydrogen) atoms. The van der Waals surface area contributed by atoms with Crippen molar-refractivity contribution in [1.29, 1.82) is 0 Å². The van der Waals surface area contributed by atoms with Crippen molar-refractivity contribution in [1.82, 2.24) is 5.32 Å². The molecule has 1 unspecified atom stereocenters. The summed E-state index contributed by atoms with van der Waals surface area (Å²) in [4.78, 5) is 0. The number of hydrogen-bond donors (Lipinski definition) is 1. The van der Waals surface area contributed by atoms with Crippen LogP contribution in [0.25, 0.3) is 0 Å². The molecule has 2 nitrogen and oxygen atoms in total. The summed E-state index contributed by atoms with van der Waals surface area (Å²) in [6, 6.07) is 8.90. The third-order valence-corrected chi connectivity index (χ3v) is 5.50. The minimum atomic E-state index is 0.401. The zero-order valence-electron chi connectivity index (χ0n) is 13.4. The van der Waals surface area contributed by atoms with Crippen LogP contribution in [0.4, 0.5) is 0 Å². The molecule has 0 amide bonds. The van der Waals surface area contributed by atoms with Gasteiger partial charge in [0.25, 0.3) is 0 Å². The van der Waals surface area contributed by atoms with Crippen LogP contribution >= 0.6 is 11.8 Å². The van der Waals surface area contributed by atoms with Crippen molar-refractivity contribution in [3.63, 3.8) is 0 Å². The molecule has 0 aromatic heterocycles. The van der Waals surface area contributed by atoms with Crippen LogP contribution in [0.2, 0.25) is 0 Å². The standard InChI is InChI=1S/C18H29NOS/c1-3-13-19-17(14-21-15-9-5-6-10-15)16-11-7-8-12-18(16)20-4-2/h7-8,11-12,15,17,19H,3-6,9-10,13-14H2,1-2H3. The van der Waals surface area contributed by atoms with E-state index in [4.69, 9.17) is 4.74 Å². The smallest absolute Gasteiger partial charge is 0.124 e. The maximum atomic E-state index is 5.82. The van der Waals surface area contributed by atoms with Gasteiger partial charge in [-0.2, -0.15) is 11.8 Å². The summed E-state index contributed by atoms with van der Waals surface area (Å²) in [5.41, 5.74) is 1.32. The number of para-hydroxylation sites is 1. The highest BCUT2D eigenvalue weighted by Gasteiger charge is 2.20. The monoisotopic (exact) mass is 307 g/mol. The van der Waals surface area contributed by atoms with Crippen LogP contribution in [0.5, 0.6) is 5.75 Å². The third kappa shape index (κ3) is 5.23. The number of nitrogens with one attached hydrogen (secondary N) is 1. The summed E-state index contributed by atoms with van der Waals surface area (Å²) in [7, 11) is 0. The maximum Gasteiger partial charge on any atom is 0.124 e. The summed E-state index contributed by atoms with van der Waals surface area (Å²) in [6.07, 6.45) is 6.80. The second kappa shape index (κ2) is 9.37. The Morgan fingerprint density at radius 1 is 1.24 bits per heavy atom. The average Bonchev–Trinajstić information content (AvgIpc) is 3.02. The van der Waals surface area contributed by atoms with Gasteiger partial charge in [0.15, 0.2) is 0 Å². The van der Waals surface area contributed by atoms with Crippen molar-refractivity contribution >= 4 is 11.8 Å². The molecule has 3 heteroatoms. The molecule has 0 radical (unpaired) electrons. The van der Waals surface area contributed by atoms with Gasteiger partial charge in [-0.3, -0.25) is 0 Å². The largest absolute Gasteiger partial charge is 0.494 e. The van der Waals surface area contributed by atoms with E-state index in [0.29, 0.717) is 6.04 Å². The van der Waals surface area contributed by atoms with E-state index in [2.05, 4.69) is 55.2 Å². The Labute approximate surface area is 134 Å². The van der Waals surface area contributed by atoms with Crippen LogP contribution in [-0.4, -0.2) is 24.2 Å². The lowest BCUT2D eigenvalue weighted by Crippen LogP contribution is -2.25. The molecule has 118 valence electrons. The van der Waals surface area contributed by atoms with E-state index < -0.39 is 0 Å². The van der Waals surface area contributed by atoms with Crippen LogP contribution in [0.15, 0.2) is 24.3 Å². The van der Waals surface area contributed by atoms with Crippen LogP contribution in [0.1, 0.15) is 57.6 Å². The Morgan fingerprint density at radius 3 is 2.71 bits per heavy atom. The van der Waals surface area contributed by atoms with Gasteiger partial charge in [0.05, 0.1) is 6.61 Å². The molecule has 0 spiro atoms. The van der Waals surface area contributed by atoms with Crippen molar-refractivity contribution in [2.45, 2.75) is 57.2 Å². The molecule has 0 bridgehead atoms. The summed E-state index contributed by atoms with van der Waals surface area (Å²) in [6.45, 7) is 6.07. The first-order chi connectivity index (χ1) is 10.3. The first kappa shape index (κ1) is 16.7. The van der Waals surface area contributed by atoms with E-state index in [1.54, 1.807) is 0 Å². The van der Waals surface area contributed by atoms with Gasteiger partial charge in [0, 0.05) is 22.6 Å². The molecular weight excluding hydrogens is 278 g/mol. The number of thioether (sulfide) groups is 1. The fraction of sp³-hybridized carbons (Fsp3) is 0.667. The van der Waals surface area contributed by atoms with Gasteiger partial charge in [-0.25, -0.2) is 0 Å². The molecule has 2 rings (SSSR count). The Kier molecular flexibility index (Phi) is 7.45. The van der Waals surface area contributed by atoms with Crippen LogP contribution in [0, 0.1) is 0 Å². The minimum Gasteiger partial charge on any atom is -0.494 e. The zero-order valence-corrected chi connectivity index (χ0v) is 14.3. The SMILES string of the molecule is CCCNC(CSC1CCCC1)c1ccccc1OCC. The van der Waals surface area contributed by atoms with Gasteiger partial charge < -0.3 is 10.1 Å². The number of rotatable bonds is 9. The average molecular weight is 308 g/mol. The number of benzene rings is 1. The van der Waals surface area contributed by atoms with Gasteiger partial charge >= 0.3 is 0 Å². The van der Waals surface area contributed by atoms with Gasteiger partial charge in [-0.05, 0) is 38.8 Å². The van der Waals surface area contributed by atoms with Gasteiger partial charge in [0.2, 0.25) is 0 Å². The molecule has 1 aromatic carbocycles. The summed E-state index contributed by atoms with van der Waals surface area (Å²) in [5.74, 6) is 2.19. The second-order valence-corrected chi connectivity index (χ2v) is 7.05. The normalized spacial score (nSPS) is 17.0. The molecule has 0 saturated heterocycles. The van der Waals surface area contributed by atoms with Gasteiger partial charge in [0.1, 0.15) is 5.75 Å². The Bertz CT molecular complexity index is 404. The zero-order chi connectivity index (χ0) is 14.9. The van der Waals surface area contributed by atoms with Crippen LogP contribution in [-0.2, 0) is 0 Å². The summed E-state index contributed by atoms with van der Waals surface area (Å²) in [5, 5.41) is 4.58. The van der Waals surface area contributed by atoms with E-state index >= 15 is 0 Å². The Morgan fingerprint density at radius 2 is 2.00 bits per heavy atom. The molecule has 1 aromatic rings. The fourth-order valence-electron chi connectivity index (χ4n) is 2.92. The molecule has 1 N–H and O–H groups in total. The van der Waals surface area contributed by atoms with E-state index in [0.717, 1.165) is 29.9 Å². The minimum absolute atomic E-state index is 0.401. The third-order valence-electron chi connectivity index (χ3n) is 4.04. The number of hydrogen-bond acceptors (Lipinski definition) is 3. The van der Waals surface area contributed by atoms with Crippen molar-refractivity contribution in [3.05, 3.63) is 29.8 Å². The first-order valence-corrected chi connectivity index (χ1v) is 9.46. The molecule has 1 aliphatic carbocycles. The van der Waals surface area contributed by atoms with Crippen molar-refractivity contribution in [2.24, 2.45) is 0 Å². The highest BCUT2D eigenvalue weighted by atomic mass is 32.2. The molecule has 1 fully saturated rings. The molecule has 1 aliphatic rings. The molecule has 1 atom stereocenters. The van der Waals surface area contributed by atoms with Gasteiger partial charge in [-0.1, -0.05) is 38.0 Å². The van der Waals surface area contributed by atoms with Crippen molar-refractivity contribution < 1.29 is 4.74 Å². The highest BCUT2D eigenvalue weighted by Crippen LogP contribution is 2.34. The predicted molar refractivity (Wildman–Crippen MR) is 93.4 cm³/mol. The van der Waals surface area contributed by atoms with Crippen molar-refractivity contribution in [3.8, 4) is 5.75 Å². The lowest BCUT2D eigenvalue weighted by molar-refractivity contribution is 0.332. The first-order valence-electron chi connectivity index (χ1n) is 8.41. The number of ether oxygens (including phenoxy) is 1. The quantitative estimate of drug-likeness (QED) is 0.708. The second-order valence-electron chi connectivity index (χ2n) is 5.72. The van der Waals surface area contributed by atoms with Crippen molar-refractivity contribution in [2.75, 3.05) is 18.9 Å². The van der Waals surface area contributed by atoms with E-state index in [1.165, 1.54) is 37.7 Å². The lowest BCUT2D eigenvalue weighted by Gasteiger charge is -2.23. The highest BCUT2D eigenvalue weighted by molar-refractivity contribution is 7.99. The van der Waals surface area contributed by atoms with E-state index in [1.807, 2.05) is 0 Å². The fourth-order valence-corrected chi connectivity index (χ4v) is 4.35. The molecule has 1 saturated carbocycles. The molecule has 0 aliphatic heterocycles. The summed E-state index contributed by atoms with van der Waals surface area (Å²) >= 11 is 2.15. The lowest BCUT2D eigenvalue weighted by atomic mass is 10.1. The summed E-state index contributed by atoms with van der Waals surface area (Å²) < 4.78 is 5.82. The van der Waals surface area contributed by atoms with E-state index in [-0.39, 0.29) is 0 Å². The van der Waals surface area contributed by atoms with Gasteiger partial charge in [-0.15, -0.1) is 0 Å². The Balaban J connectivity index is 2.02. The molecule has 0 heterocycles. The van der Waals surface area contributed by atoms with E-state index in [9.17, 15) is 0 Å².